The predicted molar refractivity (Wildman–Crippen MR) is 60.4 cm³/mol. The van der Waals surface area contributed by atoms with Crippen LogP contribution in [0.4, 0.5) is 0 Å². The molecule has 1 radical (unpaired) electrons. The summed E-state index contributed by atoms with van der Waals surface area (Å²) in [6, 6.07) is 0. The van der Waals surface area contributed by atoms with Crippen LogP contribution in [0.25, 0.3) is 0 Å². The molecule has 0 aliphatic heterocycles. The van der Waals surface area contributed by atoms with E-state index in [0.29, 0.717) is 0 Å². The van der Waals surface area contributed by atoms with Gasteiger partial charge < -0.3 is 0 Å². The Hall–Kier alpha value is -0.391. The summed E-state index contributed by atoms with van der Waals surface area (Å²) in [5, 5.41) is 0. The minimum absolute atomic E-state index is 0. The van der Waals surface area contributed by atoms with Gasteiger partial charge >= 0.3 is 0 Å². The summed E-state index contributed by atoms with van der Waals surface area (Å²) in [6.45, 7) is 5.77. The van der Waals surface area contributed by atoms with Gasteiger partial charge in [0.25, 0.3) is 0 Å². The maximum atomic E-state index is 3.62. The Balaban J connectivity index is 0. The average Bonchev–Trinajstić information content (AvgIpc) is 2.70. The van der Waals surface area contributed by atoms with Gasteiger partial charge in [0.15, 0.2) is 0 Å². The van der Waals surface area contributed by atoms with Crippen LogP contribution in [0.3, 0.4) is 0 Å². The van der Waals surface area contributed by atoms with Crippen LogP contribution < -0.4 is 0 Å². The van der Waals surface area contributed by atoms with Gasteiger partial charge in [-0.3, -0.25) is 6.08 Å². The van der Waals surface area contributed by atoms with E-state index < -0.39 is 0 Å². The molecule has 0 aromatic heterocycles. The van der Waals surface area contributed by atoms with E-state index in [0.717, 1.165) is 25.7 Å². The first-order valence-electron chi connectivity index (χ1n) is 4.89. The molecule has 0 fully saturated rings. The van der Waals surface area contributed by atoms with Crippen molar-refractivity contribution in [1.82, 2.24) is 0 Å². The number of rotatable bonds is 4. The topological polar surface area (TPSA) is 0 Å². The van der Waals surface area contributed by atoms with Gasteiger partial charge in [0.2, 0.25) is 0 Å². The molecular formula is C13H19Ir-. The SMILES string of the molecule is C=CCCC=CCC.[C-]1=CC=CC1.[Ir]. The summed E-state index contributed by atoms with van der Waals surface area (Å²) < 4.78 is 0. The number of hydrogen-bond donors (Lipinski definition) is 0. The Bertz CT molecular complexity index is 177. The molecule has 0 bridgehead atoms. The van der Waals surface area contributed by atoms with Gasteiger partial charge in [0.05, 0.1) is 0 Å². The molecule has 0 spiro atoms. The first kappa shape index (κ1) is 16.1. The minimum Gasteiger partial charge on any atom is -0.273 e. The first-order valence-corrected chi connectivity index (χ1v) is 4.89. The summed E-state index contributed by atoms with van der Waals surface area (Å²) in [4.78, 5) is 0. The molecule has 0 nitrogen and oxygen atoms in total. The van der Waals surface area contributed by atoms with E-state index in [4.69, 9.17) is 0 Å². The van der Waals surface area contributed by atoms with Crippen LogP contribution in [0.5, 0.6) is 0 Å². The molecule has 1 rings (SSSR count). The molecule has 0 unspecified atom stereocenters. The van der Waals surface area contributed by atoms with E-state index in [1.807, 2.05) is 18.2 Å². The van der Waals surface area contributed by atoms with Crippen molar-refractivity contribution in [2.24, 2.45) is 0 Å². The van der Waals surface area contributed by atoms with Crippen molar-refractivity contribution in [2.45, 2.75) is 32.6 Å². The number of unbranched alkanes of at least 4 members (excludes halogenated alkanes) is 1. The first-order chi connectivity index (χ1) is 6.41. The molecule has 0 atom stereocenters. The van der Waals surface area contributed by atoms with Crippen molar-refractivity contribution in [3.63, 3.8) is 0 Å². The summed E-state index contributed by atoms with van der Waals surface area (Å²) in [6.07, 6.45) is 19.7. The zero-order valence-electron chi connectivity index (χ0n) is 8.83. The van der Waals surface area contributed by atoms with Crippen LogP contribution in [0.2, 0.25) is 0 Å². The Morgan fingerprint density at radius 1 is 1.36 bits per heavy atom. The van der Waals surface area contributed by atoms with E-state index in [-0.39, 0.29) is 20.1 Å². The van der Waals surface area contributed by atoms with Crippen LogP contribution in [-0.2, 0) is 20.1 Å². The second kappa shape index (κ2) is 15.1. The number of allylic oxidation sites excluding steroid dienone is 7. The molecule has 81 valence electrons. The van der Waals surface area contributed by atoms with Crippen LogP contribution in [0.1, 0.15) is 32.6 Å². The van der Waals surface area contributed by atoms with E-state index >= 15 is 0 Å². The minimum atomic E-state index is 0. The van der Waals surface area contributed by atoms with Crippen LogP contribution in [-0.4, -0.2) is 0 Å². The van der Waals surface area contributed by atoms with Crippen LogP contribution >= 0.6 is 0 Å². The molecular weight excluding hydrogens is 348 g/mol. The summed E-state index contributed by atoms with van der Waals surface area (Å²) in [5.41, 5.74) is 0. The summed E-state index contributed by atoms with van der Waals surface area (Å²) in [5.74, 6) is 0. The van der Waals surface area contributed by atoms with Gasteiger partial charge in [-0.25, -0.2) is 12.2 Å². The Kier molecular flexibility index (Phi) is 17.3. The van der Waals surface area contributed by atoms with E-state index in [2.05, 4.69) is 37.8 Å². The van der Waals surface area contributed by atoms with Crippen molar-refractivity contribution in [1.29, 1.82) is 0 Å². The van der Waals surface area contributed by atoms with Gasteiger partial charge in [-0.1, -0.05) is 25.2 Å². The third kappa shape index (κ3) is 14.2. The predicted octanol–water partition coefficient (Wildman–Crippen LogP) is 4.22. The van der Waals surface area contributed by atoms with Gasteiger partial charge in [0.1, 0.15) is 0 Å². The largest absolute Gasteiger partial charge is 0.273 e. The number of hydrogen-bond acceptors (Lipinski definition) is 0. The second-order valence-electron chi connectivity index (χ2n) is 2.75. The van der Waals surface area contributed by atoms with Gasteiger partial charge in [-0.15, -0.1) is 13.0 Å². The second-order valence-corrected chi connectivity index (χ2v) is 2.75. The molecule has 0 saturated heterocycles. The monoisotopic (exact) mass is 368 g/mol. The van der Waals surface area contributed by atoms with Crippen molar-refractivity contribution < 1.29 is 20.1 Å². The molecule has 0 amide bonds. The smallest absolute Gasteiger partial charge is 0 e. The maximum Gasteiger partial charge on any atom is 0 e. The van der Waals surface area contributed by atoms with Crippen molar-refractivity contribution in [2.75, 3.05) is 0 Å². The molecule has 1 aliphatic rings. The van der Waals surface area contributed by atoms with Crippen molar-refractivity contribution in [3.05, 3.63) is 49.1 Å². The van der Waals surface area contributed by atoms with Crippen LogP contribution in [0, 0.1) is 6.08 Å². The van der Waals surface area contributed by atoms with Gasteiger partial charge in [0, 0.05) is 20.1 Å². The average molecular weight is 368 g/mol. The van der Waals surface area contributed by atoms with E-state index in [9.17, 15) is 0 Å². The molecule has 14 heavy (non-hydrogen) atoms. The van der Waals surface area contributed by atoms with E-state index in [1.165, 1.54) is 0 Å². The van der Waals surface area contributed by atoms with Crippen LogP contribution in [0.15, 0.2) is 43.0 Å². The standard InChI is InChI=1S/C8H14.C5H5.Ir/c1-3-5-7-8-6-4-2;1-2-4-5-3-1;/h3,6,8H,1,4-5,7H2,2H3;1-3H,4H2;/q;-1;. The molecule has 0 aromatic rings. The molecule has 0 heterocycles. The van der Waals surface area contributed by atoms with Crippen molar-refractivity contribution >= 4 is 0 Å². The molecule has 1 aliphatic carbocycles. The maximum absolute atomic E-state index is 3.62. The van der Waals surface area contributed by atoms with Crippen molar-refractivity contribution in [3.8, 4) is 0 Å². The Morgan fingerprint density at radius 3 is 2.50 bits per heavy atom. The quantitative estimate of drug-likeness (QED) is 0.396. The summed E-state index contributed by atoms with van der Waals surface area (Å²) in [7, 11) is 0. The zero-order valence-corrected chi connectivity index (χ0v) is 11.2. The third-order valence-corrected chi connectivity index (χ3v) is 1.53. The molecule has 0 N–H and O–H groups in total. The molecule has 1 heteroatoms. The Morgan fingerprint density at radius 2 is 2.14 bits per heavy atom. The fourth-order valence-electron chi connectivity index (χ4n) is 0.839. The van der Waals surface area contributed by atoms with E-state index in [1.54, 1.807) is 0 Å². The zero-order chi connectivity index (χ0) is 9.78. The fourth-order valence-corrected chi connectivity index (χ4v) is 0.839. The molecule has 0 saturated carbocycles. The summed E-state index contributed by atoms with van der Waals surface area (Å²) >= 11 is 0. The normalized spacial score (nSPS) is 12.1. The molecule has 0 aromatic carbocycles. The third-order valence-electron chi connectivity index (χ3n) is 1.53. The Labute approximate surface area is 102 Å². The fraction of sp³-hybridized carbons (Fsp3) is 0.385. The van der Waals surface area contributed by atoms with Gasteiger partial charge in [-0.05, 0) is 19.3 Å². The van der Waals surface area contributed by atoms with Gasteiger partial charge in [-0.2, -0.15) is 6.08 Å².